The number of rotatable bonds is 5. The van der Waals surface area contributed by atoms with Gasteiger partial charge in [0.2, 0.25) is 0 Å². The Bertz CT molecular complexity index is 393. The molecule has 2 rings (SSSR count). The van der Waals surface area contributed by atoms with E-state index in [-0.39, 0.29) is 12.7 Å². The highest BCUT2D eigenvalue weighted by molar-refractivity contribution is 5.29. The summed E-state index contributed by atoms with van der Waals surface area (Å²) in [6.45, 7) is 2.61. The molecule has 2 unspecified atom stereocenters. The second-order valence-corrected chi connectivity index (χ2v) is 4.73. The third-order valence-electron chi connectivity index (χ3n) is 3.10. The molecule has 2 atom stereocenters. The highest BCUT2D eigenvalue weighted by Crippen LogP contribution is 2.29. The maximum absolute atomic E-state index is 8.90. The largest absolute Gasteiger partial charge is 0.497 e. The lowest BCUT2D eigenvalue weighted by molar-refractivity contribution is -0.153. The second kappa shape index (κ2) is 5.69. The number of aliphatic hydroxyl groups is 1. The summed E-state index contributed by atoms with van der Waals surface area (Å²) < 4.78 is 16.7. The van der Waals surface area contributed by atoms with Gasteiger partial charge >= 0.3 is 0 Å². The molecule has 1 fully saturated rings. The van der Waals surface area contributed by atoms with Gasteiger partial charge in [0.05, 0.1) is 19.8 Å². The molecule has 1 N–H and O–H groups in total. The molecule has 0 aliphatic carbocycles. The van der Waals surface area contributed by atoms with Crippen molar-refractivity contribution in [1.29, 1.82) is 0 Å². The van der Waals surface area contributed by atoms with Gasteiger partial charge in [-0.05, 0) is 31.0 Å². The fourth-order valence-electron chi connectivity index (χ4n) is 2.22. The molecular weight excluding hydrogens is 232 g/mol. The molecule has 0 radical (unpaired) electrons. The van der Waals surface area contributed by atoms with E-state index in [4.69, 9.17) is 19.3 Å². The van der Waals surface area contributed by atoms with Crippen LogP contribution in [-0.2, 0) is 15.9 Å². The van der Waals surface area contributed by atoms with Crippen LogP contribution < -0.4 is 4.74 Å². The summed E-state index contributed by atoms with van der Waals surface area (Å²) in [4.78, 5) is 0. The summed E-state index contributed by atoms with van der Waals surface area (Å²) in [7, 11) is 1.65. The van der Waals surface area contributed by atoms with Crippen LogP contribution in [0.5, 0.6) is 5.75 Å². The molecule has 1 aliphatic rings. The maximum Gasteiger partial charge on any atom is 0.170 e. The molecule has 1 aromatic carbocycles. The molecular formula is C14H20O4. The summed E-state index contributed by atoms with van der Waals surface area (Å²) in [6.07, 6.45) is 1.28. The van der Waals surface area contributed by atoms with Gasteiger partial charge in [0, 0.05) is 13.0 Å². The Kier molecular flexibility index (Phi) is 4.22. The summed E-state index contributed by atoms with van der Waals surface area (Å²) in [5, 5.41) is 8.90. The van der Waals surface area contributed by atoms with E-state index in [0.29, 0.717) is 19.4 Å². The van der Waals surface area contributed by atoms with Crippen molar-refractivity contribution < 1.29 is 19.3 Å². The fourth-order valence-corrected chi connectivity index (χ4v) is 2.22. The molecule has 0 aromatic heterocycles. The topological polar surface area (TPSA) is 47.9 Å². The van der Waals surface area contributed by atoms with Crippen molar-refractivity contribution in [3.8, 4) is 5.75 Å². The van der Waals surface area contributed by atoms with Gasteiger partial charge < -0.3 is 19.3 Å². The molecule has 100 valence electrons. The number of ether oxygens (including phenoxy) is 3. The normalized spacial score (nSPS) is 27.4. The van der Waals surface area contributed by atoms with Crippen molar-refractivity contribution in [3.63, 3.8) is 0 Å². The van der Waals surface area contributed by atoms with Gasteiger partial charge in [-0.25, -0.2) is 0 Å². The van der Waals surface area contributed by atoms with E-state index in [9.17, 15) is 0 Å². The SMILES string of the molecule is COc1cccc(CC2(C)OCC(CCO)O2)c1. The Labute approximate surface area is 107 Å². The Hall–Kier alpha value is -1.10. The number of hydrogen-bond donors (Lipinski definition) is 1. The van der Waals surface area contributed by atoms with E-state index in [1.807, 2.05) is 31.2 Å². The van der Waals surface area contributed by atoms with Crippen molar-refractivity contribution in [2.75, 3.05) is 20.3 Å². The zero-order chi connectivity index (χ0) is 13.0. The molecule has 4 nitrogen and oxygen atoms in total. The predicted octanol–water partition coefficient (Wildman–Crippen LogP) is 1.75. The van der Waals surface area contributed by atoms with Gasteiger partial charge in [-0.3, -0.25) is 0 Å². The van der Waals surface area contributed by atoms with Crippen molar-refractivity contribution in [1.82, 2.24) is 0 Å². The average Bonchev–Trinajstić information content (AvgIpc) is 2.71. The lowest BCUT2D eigenvalue weighted by atomic mass is 10.1. The van der Waals surface area contributed by atoms with Crippen molar-refractivity contribution in [2.45, 2.75) is 31.7 Å². The minimum Gasteiger partial charge on any atom is -0.497 e. The van der Waals surface area contributed by atoms with Gasteiger partial charge in [0.15, 0.2) is 5.79 Å². The van der Waals surface area contributed by atoms with Gasteiger partial charge in [-0.15, -0.1) is 0 Å². The summed E-state index contributed by atoms with van der Waals surface area (Å²) >= 11 is 0. The average molecular weight is 252 g/mol. The first-order valence-corrected chi connectivity index (χ1v) is 6.21. The van der Waals surface area contributed by atoms with E-state index in [0.717, 1.165) is 11.3 Å². The Morgan fingerprint density at radius 3 is 3.06 bits per heavy atom. The van der Waals surface area contributed by atoms with Crippen LogP contribution in [0, 0.1) is 0 Å². The number of methoxy groups -OCH3 is 1. The van der Waals surface area contributed by atoms with Crippen LogP contribution in [0.4, 0.5) is 0 Å². The Balaban J connectivity index is 2.00. The van der Waals surface area contributed by atoms with Gasteiger partial charge in [0.1, 0.15) is 5.75 Å². The van der Waals surface area contributed by atoms with Crippen LogP contribution in [-0.4, -0.2) is 37.3 Å². The summed E-state index contributed by atoms with van der Waals surface area (Å²) in [5.74, 6) is 0.229. The summed E-state index contributed by atoms with van der Waals surface area (Å²) in [6, 6.07) is 7.88. The smallest absolute Gasteiger partial charge is 0.170 e. The van der Waals surface area contributed by atoms with Crippen LogP contribution in [0.2, 0.25) is 0 Å². The Morgan fingerprint density at radius 2 is 2.33 bits per heavy atom. The zero-order valence-corrected chi connectivity index (χ0v) is 10.9. The highest BCUT2D eigenvalue weighted by Gasteiger charge is 2.36. The molecule has 1 aliphatic heterocycles. The van der Waals surface area contributed by atoms with Crippen LogP contribution in [0.1, 0.15) is 18.9 Å². The molecule has 0 amide bonds. The van der Waals surface area contributed by atoms with E-state index in [1.54, 1.807) is 7.11 Å². The van der Waals surface area contributed by atoms with E-state index in [1.165, 1.54) is 0 Å². The van der Waals surface area contributed by atoms with E-state index >= 15 is 0 Å². The third-order valence-corrected chi connectivity index (χ3v) is 3.10. The summed E-state index contributed by atoms with van der Waals surface area (Å²) in [5.41, 5.74) is 1.11. The fraction of sp³-hybridized carbons (Fsp3) is 0.571. The first kappa shape index (κ1) is 13.3. The van der Waals surface area contributed by atoms with Crippen molar-refractivity contribution >= 4 is 0 Å². The van der Waals surface area contributed by atoms with Gasteiger partial charge in [-0.2, -0.15) is 0 Å². The van der Waals surface area contributed by atoms with E-state index < -0.39 is 5.79 Å². The van der Waals surface area contributed by atoms with Gasteiger partial charge in [-0.1, -0.05) is 12.1 Å². The number of hydrogen-bond acceptors (Lipinski definition) is 4. The third kappa shape index (κ3) is 3.22. The van der Waals surface area contributed by atoms with Crippen LogP contribution in [0.25, 0.3) is 0 Å². The minimum absolute atomic E-state index is 0.00870. The first-order valence-electron chi connectivity index (χ1n) is 6.21. The maximum atomic E-state index is 8.90. The lowest BCUT2D eigenvalue weighted by Crippen LogP contribution is -2.29. The molecule has 18 heavy (non-hydrogen) atoms. The van der Waals surface area contributed by atoms with Gasteiger partial charge in [0.25, 0.3) is 0 Å². The molecule has 0 spiro atoms. The quantitative estimate of drug-likeness (QED) is 0.867. The highest BCUT2D eigenvalue weighted by atomic mass is 16.7. The molecule has 1 aromatic rings. The monoisotopic (exact) mass is 252 g/mol. The number of benzene rings is 1. The molecule has 0 bridgehead atoms. The van der Waals surface area contributed by atoms with Crippen molar-refractivity contribution in [3.05, 3.63) is 29.8 Å². The van der Waals surface area contributed by atoms with Crippen LogP contribution >= 0.6 is 0 Å². The number of aliphatic hydroxyl groups excluding tert-OH is 1. The molecule has 1 saturated heterocycles. The Morgan fingerprint density at radius 1 is 1.50 bits per heavy atom. The molecule has 1 heterocycles. The molecule has 4 heteroatoms. The standard InChI is InChI=1S/C14H20O4/c1-14(17-10-13(18-14)6-7-15)9-11-4-3-5-12(8-11)16-2/h3-5,8,13,15H,6-7,9-10H2,1-2H3. The minimum atomic E-state index is -0.605. The van der Waals surface area contributed by atoms with E-state index in [2.05, 4.69) is 0 Å². The lowest BCUT2D eigenvalue weighted by Gasteiger charge is -2.23. The van der Waals surface area contributed by atoms with Crippen LogP contribution in [0.3, 0.4) is 0 Å². The molecule has 0 saturated carbocycles. The second-order valence-electron chi connectivity index (χ2n) is 4.73. The van der Waals surface area contributed by atoms with Crippen LogP contribution in [0.15, 0.2) is 24.3 Å². The van der Waals surface area contributed by atoms with Crippen molar-refractivity contribution in [2.24, 2.45) is 0 Å². The first-order chi connectivity index (χ1) is 8.65. The zero-order valence-electron chi connectivity index (χ0n) is 10.9. The predicted molar refractivity (Wildman–Crippen MR) is 67.6 cm³/mol.